The zero-order valence-corrected chi connectivity index (χ0v) is 14.8. The lowest BCUT2D eigenvalue weighted by Gasteiger charge is -2.38. The molecule has 3 aliphatic carbocycles. The lowest BCUT2D eigenvalue weighted by atomic mass is 9.68. The summed E-state index contributed by atoms with van der Waals surface area (Å²) in [5.41, 5.74) is 0. The van der Waals surface area contributed by atoms with Crippen molar-refractivity contribution >= 4 is 0 Å². The van der Waals surface area contributed by atoms with E-state index in [9.17, 15) is 0 Å². The molecule has 0 bridgehead atoms. The maximum atomic E-state index is 3.93. The molecule has 0 amide bonds. The van der Waals surface area contributed by atoms with Crippen LogP contribution in [-0.4, -0.2) is 12.6 Å². The minimum absolute atomic E-state index is 0.854. The van der Waals surface area contributed by atoms with Crippen molar-refractivity contribution in [3.05, 3.63) is 0 Å². The summed E-state index contributed by atoms with van der Waals surface area (Å²) in [6, 6.07) is 0.854. The van der Waals surface area contributed by atoms with Crippen molar-refractivity contribution in [3.63, 3.8) is 0 Å². The predicted molar refractivity (Wildman–Crippen MR) is 96.1 cm³/mol. The minimum atomic E-state index is 0.854. The summed E-state index contributed by atoms with van der Waals surface area (Å²) in [6.07, 6.45) is 24.0. The second-order valence-electron chi connectivity index (χ2n) is 8.54. The Morgan fingerprint density at radius 3 is 1.55 bits per heavy atom. The zero-order chi connectivity index (χ0) is 15.0. The van der Waals surface area contributed by atoms with E-state index < -0.39 is 0 Å². The maximum absolute atomic E-state index is 3.93. The first-order valence-electron chi connectivity index (χ1n) is 10.7. The van der Waals surface area contributed by atoms with Gasteiger partial charge in [0.1, 0.15) is 0 Å². The SMILES string of the molecule is C1CCC(NCCC(C2CCCCC2)C2CCCCC2)CC1. The van der Waals surface area contributed by atoms with Gasteiger partial charge in [0.05, 0.1) is 0 Å². The van der Waals surface area contributed by atoms with Crippen molar-refractivity contribution in [1.29, 1.82) is 0 Å². The molecule has 1 heteroatoms. The molecule has 0 aromatic heterocycles. The van der Waals surface area contributed by atoms with E-state index in [1.165, 1.54) is 83.6 Å². The van der Waals surface area contributed by atoms with Gasteiger partial charge in [-0.25, -0.2) is 0 Å². The number of rotatable bonds is 6. The molecule has 3 saturated carbocycles. The second-order valence-corrected chi connectivity index (χ2v) is 8.54. The average Bonchev–Trinajstić information content (AvgIpc) is 2.61. The molecule has 3 rings (SSSR count). The Morgan fingerprint density at radius 1 is 0.591 bits per heavy atom. The highest BCUT2D eigenvalue weighted by Crippen LogP contribution is 2.41. The summed E-state index contributed by atoms with van der Waals surface area (Å²) in [5, 5.41) is 3.93. The molecular formula is C21H39N. The van der Waals surface area contributed by atoms with E-state index in [0.717, 1.165) is 23.8 Å². The van der Waals surface area contributed by atoms with Gasteiger partial charge in [0.2, 0.25) is 0 Å². The summed E-state index contributed by atoms with van der Waals surface area (Å²) in [7, 11) is 0. The highest BCUT2D eigenvalue weighted by molar-refractivity contribution is 4.83. The predicted octanol–water partition coefficient (Wildman–Crippen LogP) is 6.08. The first-order valence-corrected chi connectivity index (χ1v) is 10.7. The Kier molecular flexibility index (Phi) is 7.11. The van der Waals surface area contributed by atoms with Crippen molar-refractivity contribution in [3.8, 4) is 0 Å². The highest BCUT2D eigenvalue weighted by Gasteiger charge is 2.31. The van der Waals surface area contributed by atoms with E-state index in [0.29, 0.717) is 0 Å². The van der Waals surface area contributed by atoms with Crippen molar-refractivity contribution in [2.24, 2.45) is 17.8 Å². The molecule has 0 spiro atoms. The normalized spacial score (nSPS) is 26.6. The highest BCUT2D eigenvalue weighted by atomic mass is 14.9. The lowest BCUT2D eigenvalue weighted by Crippen LogP contribution is -2.35. The van der Waals surface area contributed by atoms with Gasteiger partial charge >= 0.3 is 0 Å². The molecular weight excluding hydrogens is 266 g/mol. The minimum Gasteiger partial charge on any atom is -0.314 e. The molecule has 0 saturated heterocycles. The monoisotopic (exact) mass is 305 g/mol. The van der Waals surface area contributed by atoms with Crippen molar-refractivity contribution in [2.45, 2.75) is 109 Å². The Bertz CT molecular complexity index is 264. The molecule has 0 heterocycles. The smallest absolute Gasteiger partial charge is 0.00670 e. The van der Waals surface area contributed by atoms with E-state index in [1.807, 2.05) is 0 Å². The van der Waals surface area contributed by atoms with E-state index >= 15 is 0 Å². The first-order chi connectivity index (χ1) is 10.9. The molecule has 0 aliphatic heterocycles. The molecule has 3 aliphatic rings. The van der Waals surface area contributed by atoms with Gasteiger partial charge in [0.25, 0.3) is 0 Å². The van der Waals surface area contributed by atoms with Crippen LogP contribution >= 0.6 is 0 Å². The molecule has 0 radical (unpaired) electrons. The molecule has 1 nitrogen and oxygen atoms in total. The third-order valence-corrected chi connectivity index (χ3v) is 7.03. The third-order valence-electron chi connectivity index (χ3n) is 7.03. The summed E-state index contributed by atoms with van der Waals surface area (Å²) in [6.45, 7) is 1.31. The third kappa shape index (κ3) is 4.98. The number of hydrogen-bond donors (Lipinski definition) is 1. The van der Waals surface area contributed by atoms with Crippen LogP contribution in [0.15, 0.2) is 0 Å². The van der Waals surface area contributed by atoms with Crippen LogP contribution in [0.2, 0.25) is 0 Å². The van der Waals surface area contributed by atoms with Crippen LogP contribution < -0.4 is 5.32 Å². The van der Waals surface area contributed by atoms with Gasteiger partial charge in [-0.1, -0.05) is 83.5 Å². The fourth-order valence-electron chi connectivity index (χ4n) is 5.74. The van der Waals surface area contributed by atoms with Gasteiger partial charge in [-0.05, 0) is 43.6 Å². The van der Waals surface area contributed by atoms with E-state index in [1.54, 1.807) is 25.7 Å². The topological polar surface area (TPSA) is 12.0 Å². The molecule has 3 fully saturated rings. The molecule has 0 aromatic carbocycles. The summed E-state index contributed by atoms with van der Waals surface area (Å²) < 4.78 is 0. The van der Waals surface area contributed by atoms with Crippen LogP contribution in [0, 0.1) is 17.8 Å². The molecule has 0 unspecified atom stereocenters. The molecule has 128 valence electrons. The van der Waals surface area contributed by atoms with E-state index in [4.69, 9.17) is 0 Å². The number of hydrogen-bond acceptors (Lipinski definition) is 1. The lowest BCUT2D eigenvalue weighted by molar-refractivity contribution is 0.132. The largest absolute Gasteiger partial charge is 0.314 e. The van der Waals surface area contributed by atoms with Crippen LogP contribution in [-0.2, 0) is 0 Å². The van der Waals surface area contributed by atoms with E-state index in [2.05, 4.69) is 5.32 Å². The van der Waals surface area contributed by atoms with Gasteiger partial charge in [0.15, 0.2) is 0 Å². The standard InChI is InChI=1S/C21H39N/c1-4-10-18(11-5-1)21(19-12-6-2-7-13-19)16-17-22-20-14-8-3-9-15-20/h18-22H,1-17H2. The Morgan fingerprint density at radius 2 is 1.05 bits per heavy atom. The maximum Gasteiger partial charge on any atom is 0.00670 e. The average molecular weight is 306 g/mol. The Balaban J connectivity index is 1.48. The molecule has 0 aromatic rings. The number of nitrogens with one attached hydrogen (secondary N) is 1. The van der Waals surface area contributed by atoms with Crippen LogP contribution in [0.25, 0.3) is 0 Å². The molecule has 1 N–H and O–H groups in total. The fourth-order valence-corrected chi connectivity index (χ4v) is 5.74. The van der Waals surface area contributed by atoms with Crippen LogP contribution in [0.5, 0.6) is 0 Å². The summed E-state index contributed by atoms with van der Waals surface area (Å²) in [4.78, 5) is 0. The summed E-state index contributed by atoms with van der Waals surface area (Å²) in [5.74, 6) is 3.20. The van der Waals surface area contributed by atoms with Gasteiger partial charge < -0.3 is 5.32 Å². The van der Waals surface area contributed by atoms with Crippen LogP contribution in [0.3, 0.4) is 0 Å². The first kappa shape index (κ1) is 16.8. The van der Waals surface area contributed by atoms with Gasteiger partial charge in [-0.15, -0.1) is 0 Å². The quantitative estimate of drug-likeness (QED) is 0.627. The Labute approximate surface area is 139 Å². The Hall–Kier alpha value is -0.0400. The van der Waals surface area contributed by atoms with Gasteiger partial charge in [-0.3, -0.25) is 0 Å². The van der Waals surface area contributed by atoms with Crippen molar-refractivity contribution in [1.82, 2.24) is 5.32 Å². The van der Waals surface area contributed by atoms with Crippen molar-refractivity contribution in [2.75, 3.05) is 6.54 Å². The second kappa shape index (κ2) is 9.30. The van der Waals surface area contributed by atoms with Crippen LogP contribution in [0.4, 0.5) is 0 Å². The van der Waals surface area contributed by atoms with Crippen molar-refractivity contribution < 1.29 is 0 Å². The molecule has 0 atom stereocenters. The zero-order valence-electron chi connectivity index (χ0n) is 14.8. The van der Waals surface area contributed by atoms with Gasteiger partial charge in [0, 0.05) is 6.04 Å². The molecule has 22 heavy (non-hydrogen) atoms. The van der Waals surface area contributed by atoms with E-state index in [-0.39, 0.29) is 0 Å². The van der Waals surface area contributed by atoms with Gasteiger partial charge in [-0.2, -0.15) is 0 Å². The fraction of sp³-hybridized carbons (Fsp3) is 1.00. The summed E-state index contributed by atoms with van der Waals surface area (Å²) >= 11 is 0. The van der Waals surface area contributed by atoms with Crippen LogP contribution in [0.1, 0.15) is 103 Å².